The molecule has 1 aromatic carbocycles. The van der Waals surface area contributed by atoms with Crippen molar-refractivity contribution in [3.63, 3.8) is 0 Å². The highest BCUT2D eigenvalue weighted by Crippen LogP contribution is 2.31. The molecule has 0 fully saturated rings. The van der Waals surface area contributed by atoms with Crippen LogP contribution >= 0.6 is 0 Å². The smallest absolute Gasteiger partial charge is 0.314 e. The second-order valence-corrected chi connectivity index (χ2v) is 3.80. The summed E-state index contributed by atoms with van der Waals surface area (Å²) < 4.78 is 15.4. The molecule has 0 spiro atoms. The molecule has 1 heterocycles. The van der Waals surface area contributed by atoms with Crippen LogP contribution < -0.4 is 9.47 Å². The summed E-state index contributed by atoms with van der Waals surface area (Å²) in [5, 5.41) is 10.9. The van der Waals surface area contributed by atoms with E-state index >= 15 is 0 Å². The molecule has 0 saturated heterocycles. The van der Waals surface area contributed by atoms with Gasteiger partial charge in [0.25, 0.3) is 0 Å². The second-order valence-electron chi connectivity index (χ2n) is 3.80. The Hall–Kier alpha value is -2.83. The number of furan rings is 1. The Kier molecular flexibility index (Phi) is 3.99. The summed E-state index contributed by atoms with van der Waals surface area (Å²) in [6.45, 7) is 0.0668. The molecule has 0 atom stereocenters. The van der Waals surface area contributed by atoms with Gasteiger partial charge in [-0.3, -0.25) is 14.9 Å². The van der Waals surface area contributed by atoms with E-state index in [4.69, 9.17) is 13.9 Å². The number of aldehydes is 1. The molecule has 0 radical (unpaired) electrons. The minimum atomic E-state index is -0.552. The lowest BCUT2D eigenvalue weighted by Crippen LogP contribution is -1.97. The van der Waals surface area contributed by atoms with Gasteiger partial charge < -0.3 is 13.9 Å². The zero-order valence-corrected chi connectivity index (χ0v) is 10.6. The monoisotopic (exact) mass is 277 g/mol. The lowest BCUT2D eigenvalue weighted by molar-refractivity contribution is -0.385. The predicted molar refractivity (Wildman–Crippen MR) is 68.1 cm³/mol. The summed E-state index contributed by atoms with van der Waals surface area (Å²) in [7, 11) is 1.35. The Balaban J connectivity index is 2.11. The zero-order chi connectivity index (χ0) is 14.5. The Morgan fingerprint density at radius 3 is 2.75 bits per heavy atom. The third-order valence-electron chi connectivity index (χ3n) is 2.53. The number of rotatable bonds is 6. The lowest BCUT2D eigenvalue weighted by Gasteiger charge is -2.06. The van der Waals surface area contributed by atoms with Crippen molar-refractivity contribution < 1.29 is 23.6 Å². The number of methoxy groups -OCH3 is 1. The van der Waals surface area contributed by atoms with Gasteiger partial charge in [-0.25, -0.2) is 0 Å². The highest BCUT2D eigenvalue weighted by molar-refractivity contribution is 5.70. The van der Waals surface area contributed by atoms with Crippen molar-refractivity contribution in [3.05, 3.63) is 52.0 Å². The summed E-state index contributed by atoms with van der Waals surface area (Å²) in [5.74, 6) is 1.11. The second kappa shape index (κ2) is 5.87. The lowest BCUT2D eigenvalue weighted by atomic mass is 10.3. The van der Waals surface area contributed by atoms with Crippen LogP contribution in [0.15, 0.2) is 34.7 Å². The van der Waals surface area contributed by atoms with Gasteiger partial charge in [-0.1, -0.05) is 0 Å². The van der Waals surface area contributed by atoms with E-state index in [1.165, 1.54) is 25.3 Å². The van der Waals surface area contributed by atoms with Gasteiger partial charge in [0.15, 0.2) is 17.8 Å². The van der Waals surface area contributed by atoms with Crippen LogP contribution in [0.1, 0.15) is 16.3 Å². The largest absolute Gasteiger partial charge is 0.490 e. The number of ether oxygens (including phenoxy) is 2. The number of carbonyl (C=O) groups excluding carboxylic acids is 1. The molecule has 20 heavy (non-hydrogen) atoms. The minimum Gasteiger partial charge on any atom is -0.490 e. The molecule has 2 rings (SSSR count). The molecule has 0 aliphatic carbocycles. The van der Waals surface area contributed by atoms with Gasteiger partial charge in [0.05, 0.1) is 18.1 Å². The molecule has 2 aromatic rings. The van der Waals surface area contributed by atoms with Gasteiger partial charge in [-0.05, 0) is 24.3 Å². The first-order valence-electron chi connectivity index (χ1n) is 5.63. The molecule has 0 unspecified atom stereocenters. The van der Waals surface area contributed by atoms with Crippen LogP contribution in [0.25, 0.3) is 0 Å². The first kappa shape index (κ1) is 13.6. The zero-order valence-electron chi connectivity index (χ0n) is 10.6. The topological polar surface area (TPSA) is 91.8 Å². The molecule has 0 saturated carbocycles. The Morgan fingerprint density at radius 1 is 1.35 bits per heavy atom. The van der Waals surface area contributed by atoms with Crippen molar-refractivity contribution in [2.45, 2.75) is 6.61 Å². The van der Waals surface area contributed by atoms with Gasteiger partial charge in [0.1, 0.15) is 18.1 Å². The van der Waals surface area contributed by atoms with E-state index in [0.29, 0.717) is 17.8 Å². The molecule has 0 aliphatic rings. The standard InChI is InChI=1S/C13H11NO6/c1-18-13-5-4-9(6-12(13)14(16)17)19-8-11-3-2-10(7-15)20-11/h2-7H,8H2,1H3. The van der Waals surface area contributed by atoms with Gasteiger partial charge >= 0.3 is 5.69 Å². The molecular weight excluding hydrogens is 266 g/mol. The van der Waals surface area contributed by atoms with Crippen LogP contribution in [0, 0.1) is 10.1 Å². The van der Waals surface area contributed by atoms with Crippen LogP contribution in [0.4, 0.5) is 5.69 Å². The first-order valence-corrected chi connectivity index (χ1v) is 5.63. The van der Waals surface area contributed by atoms with E-state index in [9.17, 15) is 14.9 Å². The molecule has 0 N–H and O–H groups in total. The van der Waals surface area contributed by atoms with Crippen LogP contribution in [0.2, 0.25) is 0 Å². The third-order valence-corrected chi connectivity index (χ3v) is 2.53. The normalized spacial score (nSPS) is 10.1. The summed E-state index contributed by atoms with van der Waals surface area (Å²) in [6.07, 6.45) is 0.585. The SMILES string of the molecule is COc1ccc(OCc2ccc(C=O)o2)cc1[N+](=O)[O-]. The van der Waals surface area contributed by atoms with E-state index in [-0.39, 0.29) is 23.8 Å². The van der Waals surface area contributed by atoms with E-state index in [0.717, 1.165) is 0 Å². The minimum absolute atomic E-state index is 0.0668. The third kappa shape index (κ3) is 2.94. The Labute approximate surface area is 113 Å². The molecule has 7 heteroatoms. The van der Waals surface area contributed by atoms with Gasteiger partial charge in [0.2, 0.25) is 0 Å². The summed E-state index contributed by atoms with van der Waals surface area (Å²) in [6, 6.07) is 7.38. The first-order chi connectivity index (χ1) is 9.63. The maximum Gasteiger partial charge on any atom is 0.314 e. The van der Waals surface area contributed by atoms with E-state index in [1.807, 2.05) is 0 Å². The maximum absolute atomic E-state index is 10.9. The van der Waals surface area contributed by atoms with E-state index in [2.05, 4.69) is 0 Å². The number of hydrogen-bond acceptors (Lipinski definition) is 6. The summed E-state index contributed by atoms with van der Waals surface area (Å²) in [5.41, 5.74) is -0.182. The fourth-order valence-corrected chi connectivity index (χ4v) is 1.59. The number of benzene rings is 1. The molecular formula is C13H11NO6. The van der Waals surface area contributed by atoms with Crippen molar-refractivity contribution in [2.24, 2.45) is 0 Å². The molecule has 1 aromatic heterocycles. The van der Waals surface area contributed by atoms with Crippen LogP contribution in [0.3, 0.4) is 0 Å². The highest BCUT2D eigenvalue weighted by atomic mass is 16.6. The molecule has 7 nitrogen and oxygen atoms in total. The Bertz CT molecular complexity index is 634. The average Bonchev–Trinajstić information content (AvgIpc) is 2.92. The van der Waals surface area contributed by atoms with Gasteiger partial charge in [-0.2, -0.15) is 0 Å². The van der Waals surface area contributed by atoms with Crippen LogP contribution in [-0.4, -0.2) is 18.3 Å². The van der Waals surface area contributed by atoms with Gasteiger partial charge in [-0.15, -0.1) is 0 Å². The Morgan fingerprint density at radius 2 is 2.15 bits per heavy atom. The van der Waals surface area contributed by atoms with Crippen molar-refractivity contribution in [1.82, 2.24) is 0 Å². The number of carbonyl (C=O) groups is 1. The number of nitro benzene ring substituents is 1. The van der Waals surface area contributed by atoms with Gasteiger partial charge in [0, 0.05) is 0 Å². The molecule has 104 valence electrons. The number of hydrogen-bond donors (Lipinski definition) is 0. The van der Waals surface area contributed by atoms with Crippen LogP contribution in [0.5, 0.6) is 11.5 Å². The predicted octanol–water partition coefficient (Wildman–Crippen LogP) is 2.59. The van der Waals surface area contributed by atoms with Crippen LogP contribution in [-0.2, 0) is 6.61 Å². The number of nitrogens with zero attached hydrogens (tertiary/aromatic N) is 1. The highest BCUT2D eigenvalue weighted by Gasteiger charge is 2.16. The van der Waals surface area contributed by atoms with Crippen molar-refractivity contribution >= 4 is 12.0 Å². The number of nitro groups is 1. The van der Waals surface area contributed by atoms with Crippen molar-refractivity contribution in [2.75, 3.05) is 7.11 Å². The fourth-order valence-electron chi connectivity index (χ4n) is 1.59. The van der Waals surface area contributed by atoms with E-state index in [1.54, 1.807) is 12.1 Å². The summed E-state index contributed by atoms with van der Waals surface area (Å²) >= 11 is 0. The molecule has 0 aliphatic heterocycles. The average molecular weight is 277 g/mol. The van der Waals surface area contributed by atoms with Crippen molar-refractivity contribution in [1.29, 1.82) is 0 Å². The molecule has 0 bridgehead atoms. The molecule has 0 amide bonds. The summed E-state index contributed by atoms with van der Waals surface area (Å²) in [4.78, 5) is 20.8. The van der Waals surface area contributed by atoms with Crippen molar-refractivity contribution in [3.8, 4) is 11.5 Å². The maximum atomic E-state index is 10.9. The quantitative estimate of drug-likeness (QED) is 0.457. The fraction of sp³-hybridized carbons (Fsp3) is 0.154. The van der Waals surface area contributed by atoms with E-state index < -0.39 is 4.92 Å².